The van der Waals surface area contributed by atoms with E-state index in [1.807, 2.05) is 6.92 Å². The van der Waals surface area contributed by atoms with Crippen molar-refractivity contribution in [2.45, 2.75) is 72.0 Å². The lowest BCUT2D eigenvalue weighted by atomic mass is 10.1. The van der Waals surface area contributed by atoms with Gasteiger partial charge in [-0.15, -0.1) is 0 Å². The van der Waals surface area contributed by atoms with Gasteiger partial charge < -0.3 is 9.47 Å². The predicted molar refractivity (Wildman–Crippen MR) is 95.3 cm³/mol. The van der Waals surface area contributed by atoms with Crippen LogP contribution >= 0.6 is 0 Å². The average molecular weight is 320 g/mol. The van der Waals surface area contributed by atoms with Gasteiger partial charge >= 0.3 is 0 Å². The number of rotatable bonds is 10. The van der Waals surface area contributed by atoms with Crippen molar-refractivity contribution < 1.29 is 14.3 Å². The van der Waals surface area contributed by atoms with Crippen LogP contribution in [0.25, 0.3) is 0 Å². The summed E-state index contributed by atoms with van der Waals surface area (Å²) in [6.45, 7) is 7.58. The minimum absolute atomic E-state index is 0.00959. The molecule has 23 heavy (non-hydrogen) atoms. The Morgan fingerprint density at radius 2 is 1.91 bits per heavy atom. The Morgan fingerprint density at radius 1 is 1.13 bits per heavy atom. The van der Waals surface area contributed by atoms with Gasteiger partial charge in [-0.2, -0.15) is 0 Å². The zero-order chi connectivity index (χ0) is 16.9. The van der Waals surface area contributed by atoms with Crippen LogP contribution in [0.4, 0.5) is 0 Å². The lowest BCUT2D eigenvalue weighted by Gasteiger charge is -2.22. The van der Waals surface area contributed by atoms with Crippen LogP contribution in [0.1, 0.15) is 65.7 Å². The SMILES string of the molecule is C/C=C/C(=O)CC/C(C)=C/CC/C(C)=C/COC1CCCCO1. The number of carbonyl (C=O) groups is 1. The van der Waals surface area contributed by atoms with E-state index < -0.39 is 0 Å². The first kappa shape index (κ1) is 19.9. The number of hydrogen-bond donors (Lipinski definition) is 0. The maximum absolute atomic E-state index is 11.4. The predicted octanol–water partition coefficient (Wildman–Crippen LogP) is 5.13. The molecule has 0 saturated carbocycles. The average Bonchev–Trinajstić information content (AvgIpc) is 2.54. The normalized spacial score (nSPS) is 20.2. The topological polar surface area (TPSA) is 35.5 Å². The molecule has 1 aliphatic heterocycles. The molecule has 1 rings (SSSR count). The first-order valence-corrected chi connectivity index (χ1v) is 8.81. The van der Waals surface area contributed by atoms with E-state index in [4.69, 9.17) is 9.47 Å². The molecule has 3 nitrogen and oxygen atoms in total. The van der Waals surface area contributed by atoms with E-state index in [0.717, 1.165) is 38.7 Å². The maximum Gasteiger partial charge on any atom is 0.157 e. The van der Waals surface area contributed by atoms with Crippen LogP contribution in [-0.4, -0.2) is 25.3 Å². The monoisotopic (exact) mass is 320 g/mol. The molecule has 0 aliphatic carbocycles. The van der Waals surface area contributed by atoms with Crippen LogP contribution in [0.15, 0.2) is 35.5 Å². The summed E-state index contributed by atoms with van der Waals surface area (Å²) >= 11 is 0. The minimum Gasteiger partial charge on any atom is -0.353 e. The number of hydrogen-bond acceptors (Lipinski definition) is 3. The van der Waals surface area contributed by atoms with Gasteiger partial charge in [-0.1, -0.05) is 29.4 Å². The van der Waals surface area contributed by atoms with Gasteiger partial charge in [0.15, 0.2) is 12.1 Å². The molecule has 1 saturated heterocycles. The summed E-state index contributed by atoms with van der Waals surface area (Å²) in [6, 6.07) is 0. The maximum atomic E-state index is 11.4. The van der Waals surface area contributed by atoms with E-state index in [0.29, 0.717) is 13.0 Å². The summed E-state index contributed by atoms with van der Waals surface area (Å²) in [7, 11) is 0. The summed E-state index contributed by atoms with van der Waals surface area (Å²) in [4.78, 5) is 11.4. The number of ether oxygens (including phenoxy) is 2. The molecule has 0 aromatic carbocycles. The smallest absolute Gasteiger partial charge is 0.157 e. The van der Waals surface area contributed by atoms with Gasteiger partial charge in [0.05, 0.1) is 6.61 Å². The highest BCUT2D eigenvalue weighted by atomic mass is 16.7. The third-order valence-electron chi connectivity index (χ3n) is 4.00. The Morgan fingerprint density at radius 3 is 2.61 bits per heavy atom. The van der Waals surface area contributed by atoms with Crippen LogP contribution in [0.3, 0.4) is 0 Å². The van der Waals surface area contributed by atoms with Crippen molar-refractivity contribution in [1.82, 2.24) is 0 Å². The second kappa shape index (κ2) is 12.3. The zero-order valence-corrected chi connectivity index (χ0v) is 15.0. The molecule has 3 heteroatoms. The molecule has 0 amide bonds. The van der Waals surface area contributed by atoms with E-state index in [-0.39, 0.29) is 12.1 Å². The molecule has 0 N–H and O–H groups in total. The second-order valence-electron chi connectivity index (χ2n) is 6.24. The lowest BCUT2D eigenvalue weighted by Crippen LogP contribution is -2.22. The molecule has 1 heterocycles. The molecular formula is C20H32O3. The first-order valence-electron chi connectivity index (χ1n) is 8.81. The van der Waals surface area contributed by atoms with Gasteiger partial charge in [0.1, 0.15) is 0 Å². The number of allylic oxidation sites excluding steroid dienone is 5. The highest BCUT2D eigenvalue weighted by Crippen LogP contribution is 2.14. The largest absolute Gasteiger partial charge is 0.353 e. The van der Waals surface area contributed by atoms with Crippen LogP contribution in [0.2, 0.25) is 0 Å². The van der Waals surface area contributed by atoms with E-state index in [9.17, 15) is 4.79 Å². The van der Waals surface area contributed by atoms with Crippen molar-refractivity contribution in [1.29, 1.82) is 0 Å². The molecule has 1 atom stereocenters. The van der Waals surface area contributed by atoms with Crippen molar-refractivity contribution in [2.24, 2.45) is 0 Å². The molecule has 130 valence electrons. The van der Waals surface area contributed by atoms with E-state index >= 15 is 0 Å². The molecule has 1 aliphatic rings. The lowest BCUT2D eigenvalue weighted by molar-refractivity contribution is -0.155. The van der Waals surface area contributed by atoms with Crippen molar-refractivity contribution in [3.8, 4) is 0 Å². The highest BCUT2D eigenvalue weighted by Gasteiger charge is 2.12. The van der Waals surface area contributed by atoms with E-state index in [1.54, 1.807) is 12.2 Å². The first-order chi connectivity index (χ1) is 11.1. The van der Waals surface area contributed by atoms with Gasteiger partial charge in [0, 0.05) is 13.0 Å². The van der Waals surface area contributed by atoms with Crippen LogP contribution in [0.5, 0.6) is 0 Å². The van der Waals surface area contributed by atoms with E-state index in [2.05, 4.69) is 26.0 Å². The van der Waals surface area contributed by atoms with Gasteiger partial charge in [0.2, 0.25) is 0 Å². The molecule has 0 spiro atoms. The van der Waals surface area contributed by atoms with Crippen LogP contribution in [-0.2, 0) is 14.3 Å². The van der Waals surface area contributed by atoms with Crippen LogP contribution < -0.4 is 0 Å². The van der Waals surface area contributed by atoms with E-state index in [1.165, 1.54) is 17.6 Å². The summed E-state index contributed by atoms with van der Waals surface area (Å²) in [6.07, 6.45) is 14.7. The van der Waals surface area contributed by atoms with Gasteiger partial charge in [-0.05, 0) is 65.4 Å². The van der Waals surface area contributed by atoms with Gasteiger partial charge in [0.25, 0.3) is 0 Å². The van der Waals surface area contributed by atoms with Gasteiger partial charge in [-0.25, -0.2) is 0 Å². The Balaban J connectivity index is 2.15. The Hall–Kier alpha value is -1.19. The van der Waals surface area contributed by atoms with Gasteiger partial charge in [-0.3, -0.25) is 4.79 Å². The van der Waals surface area contributed by atoms with Crippen molar-refractivity contribution in [3.63, 3.8) is 0 Å². The van der Waals surface area contributed by atoms with Crippen molar-refractivity contribution >= 4 is 5.78 Å². The molecule has 1 fully saturated rings. The number of carbonyl (C=O) groups excluding carboxylic acids is 1. The molecular weight excluding hydrogens is 288 g/mol. The molecule has 0 bridgehead atoms. The summed E-state index contributed by atoms with van der Waals surface area (Å²) in [5, 5.41) is 0. The van der Waals surface area contributed by atoms with Crippen molar-refractivity contribution in [3.05, 3.63) is 35.5 Å². The molecule has 0 aromatic rings. The summed E-state index contributed by atoms with van der Waals surface area (Å²) in [5.41, 5.74) is 2.64. The second-order valence-corrected chi connectivity index (χ2v) is 6.24. The van der Waals surface area contributed by atoms with Crippen LogP contribution in [0, 0.1) is 0 Å². The minimum atomic E-state index is -0.00959. The fraction of sp³-hybridized carbons (Fsp3) is 0.650. The summed E-state index contributed by atoms with van der Waals surface area (Å²) < 4.78 is 11.3. The Labute approximate surface area is 141 Å². The fourth-order valence-corrected chi connectivity index (χ4v) is 2.48. The van der Waals surface area contributed by atoms with Crippen molar-refractivity contribution in [2.75, 3.05) is 13.2 Å². The molecule has 0 aromatic heterocycles. The zero-order valence-electron chi connectivity index (χ0n) is 15.0. The fourth-order valence-electron chi connectivity index (χ4n) is 2.48. The third kappa shape index (κ3) is 10.2. The molecule has 1 unspecified atom stereocenters. The third-order valence-corrected chi connectivity index (χ3v) is 4.00. The molecule has 0 radical (unpaired) electrons. The number of ketones is 1. The highest BCUT2D eigenvalue weighted by molar-refractivity contribution is 5.89. The standard InChI is InChI=1S/C20H32O3/c1-4-8-19(21)13-12-17(2)9-7-10-18(3)14-16-23-20-11-5-6-15-22-20/h4,8-9,14,20H,5-7,10-13,15-16H2,1-3H3/b8-4+,17-9+,18-14+. The Kier molecular flexibility index (Phi) is 10.6. The summed E-state index contributed by atoms with van der Waals surface area (Å²) in [5.74, 6) is 0.207. The Bertz CT molecular complexity index is 426. The quantitative estimate of drug-likeness (QED) is 0.413.